The number of pyridine rings is 1. The maximum Gasteiger partial charge on any atom is 0.412 e. The molecule has 1 fully saturated rings. The number of nitrogens with zero attached hydrogens (tertiary/aromatic N) is 5. The quantitative estimate of drug-likeness (QED) is 0.136. The van der Waals surface area contributed by atoms with Crippen LogP contribution < -0.4 is 15.5 Å². The highest BCUT2D eigenvalue weighted by Gasteiger charge is 2.22. The molecule has 5 aromatic rings. The fourth-order valence-corrected chi connectivity index (χ4v) is 5.14. The van der Waals surface area contributed by atoms with Crippen molar-refractivity contribution < 1.29 is 19.1 Å². The van der Waals surface area contributed by atoms with Crippen LogP contribution in [0.3, 0.4) is 0 Å². The van der Waals surface area contributed by atoms with Crippen LogP contribution in [0.25, 0.3) is 11.3 Å². The smallest absolute Gasteiger partial charge is 0.412 e. The Hall–Kier alpha value is -5.81. The molecular formula is C36H35N7O4. The number of carbonyl (C=O) groups excluding carboxylic acids is 2. The van der Waals surface area contributed by atoms with Crippen molar-refractivity contribution in [2.75, 3.05) is 48.5 Å². The number of aryl methyl sites for hydroxylation is 1. The largest absolute Gasteiger partial charge is 0.422 e. The van der Waals surface area contributed by atoms with Crippen LogP contribution >= 0.6 is 0 Å². The third-order valence-electron chi connectivity index (χ3n) is 7.76. The Labute approximate surface area is 273 Å². The summed E-state index contributed by atoms with van der Waals surface area (Å²) in [6.07, 6.45) is 4.77. The molecule has 2 amide bonds. The van der Waals surface area contributed by atoms with Crippen LogP contribution in [0.5, 0.6) is 0 Å². The Balaban J connectivity index is 0.988. The first-order valence-electron chi connectivity index (χ1n) is 15.3. The van der Waals surface area contributed by atoms with Crippen LogP contribution in [0, 0.1) is 6.92 Å². The van der Waals surface area contributed by atoms with Crippen LogP contribution in [0.15, 0.2) is 110 Å². The maximum atomic E-state index is 13.2. The van der Waals surface area contributed by atoms with Crippen molar-refractivity contribution in [2.45, 2.75) is 13.5 Å². The molecule has 6 rings (SSSR count). The summed E-state index contributed by atoms with van der Waals surface area (Å²) in [5.41, 5.74) is 6.53. The lowest BCUT2D eigenvalue weighted by Gasteiger charge is -2.35. The van der Waals surface area contributed by atoms with E-state index in [9.17, 15) is 9.59 Å². The summed E-state index contributed by atoms with van der Waals surface area (Å²) in [4.78, 5) is 42.6. The van der Waals surface area contributed by atoms with Crippen molar-refractivity contribution >= 4 is 35.0 Å². The van der Waals surface area contributed by atoms with Crippen LogP contribution in [0.4, 0.5) is 27.8 Å². The Morgan fingerprint density at radius 3 is 2.45 bits per heavy atom. The molecule has 1 saturated heterocycles. The van der Waals surface area contributed by atoms with Crippen molar-refractivity contribution in [3.8, 4) is 11.3 Å². The van der Waals surface area contributed by atoms with Crippen molar-refractivity contribution in [1.82, 2.24) is 19.9 Å². The number of amides is 2. The molecule has 1 aliphatic rings. The molecule has 3 aromatic carbocycles. The Morgan fingerprint density at radius 1 is 0.872 bits per heavy atom. The average molecular weight is 630 g/mol. The summed E-state index contributed by atoms with van der Waals surface area (Å²) in [5.74, 6) is 0.193. The van der Waals surface area contributed by atoms with E-state index in [0.717, 1.165) is 33.8 Å². The number of ether oxygens (including phenoxy) is 2. The molecule has 11 heteroatoms. The van der Waals surface area contributed by atoms with Gasteiger partial charge in [0.2, 0.25) is 5.95 Å². The van der Waals surface area contributed by atoms with Crippen molar-refractivity contribution in [3.05, 3.63) is 126 Å². The van der Waals surface area contributed by atoms with Gasteiger partial charge >= 0.3 is 6.09 Å². The van der Waals surface area contributed by atoms with Crippen molar-refractivity contribution in [1.29, 1.82) is 0 Å². The number of hydrogen-bond acceptors (Lipinski definition) is 9. The molecule has 0 radical (unpaired) electrons. The van der Waals surface area contributed by atoms with Gasteiger partial charge in [-0.25, -0.2) is 14.8 Å². The van der Waals surface area contributed by atoms with Crippen LogP contribution in [0.2, 0.25) is 0 Å². The van der Waals surface area contributed by atoms with Gasteiger partial charge in [-0.1, -0.05) is 36.4 Å². The van der Waals surface area contributed by atoms with Crippen molar-refractivity contribution in [2.24, 2.45) is 0 Å². The first-order valence-corrected chi connectivity index (χ1v) is 15.3. The van der Waals surface area contributed by atoms with Gasteiger partial charge in [-0.05, 0) is 72.6 Å². The van der Waals surface area contributed by atoms with Gasteiger partial charge in [0.15, 0.2) is 6.79 Å². The van der Waals surface area contributed by atoms with Gasteiger partial charge in [0.1, 0.15) is 0 Å². The van der Waals surface area contributed by atoms with E-state index in [2.05, 4.69) is 30.5 Å². The summed E-state index contributed by atoms with van der Waals surface area (Å²) in [6.45, 7) is 4.67. The fraction of sp³-hybridized carbons (Fsp3) is 0.194. The molecule has 3 heterocycles. The summed E-state index contributed by atoms with van der Waals surface area (Å²) in [5, 5.41) is 6.23. The third kappa shape index (κ3) is 8.27. The van der Waals surface area contributed by atoms with Gasteiger partial charge in [0.05, 0.1) is 12.3 Å². The number of hydrogen-bond donors (Lipinski definition) is 2. The van der Waals surface area contributed by atoms with E-state index < -0.39 is 0 Å². The van der Waals surface area contributed by atoms with E-state index in [0.29, 0.717) is 50.0 Å². The molecule has 238 valence electrons. The fourth-order valence-electron chi connectivity index (χ4n) is 5.14. The summed E-state index contributed by atoms with van der Waals surface area (Å²) in [6, 6.07) is 28.5. The van der Waals surface area contributed by atoms with E-state index >= 15 is 0 Å². The first-order chi connectivity index (χ1) is 23.0. The van der Waals surface area contributed by atoms with Gasteiger partial charge in [-0.3, -0.25) is 9.78 Å². The minimum atomic E-state index is -0.379. The highest BCUT2D eigenvalue weighted by molar-refractivity contribution is 6.05. The lowest BCUT2D eigenvalue weighted by molar-refractivity contribution is -0.0356. The molecule has 2 N–H and O–H groups in total. The van der Waals surface area contributed by atoms with E-state index in [1.807, 2.05) is 85.8 Å². The molecule has 0 spiro atoms. The molecule has 47 heavy (non-hydrogen) atoms. The topological polar surface area (TPSA) is 122 Å². The number of anilines is 4. The summed E-state index contributed by atoms with van der Waals surface area (Å²) >= 11 is 0. The SMILES string of the molecule is Cc1ccc(C(=O)Nc2ccc(N3CCN(C(=O)OCOCc4ccccc4)CC3)cc2)cc1Nc1nccc(-c2cccnc2)n1. The van der Waals surface area contributed by atoms with Crippen LogP contribution in [-0.4, -0.2) is 64.8 Å². The Bertz CT molecular complexity index is 1800. The van der Waals surface area contributed by atoms with Crippen LogP contribution in [0.1, 0.15) is 21.5 Å². The number of rotatable bonds is 10. The molecule has 0 unspecified atom stereocenters. The molecule has 11 nitrogen and oxygen atoms in total. The predicted octanol–water partition coefficient (Wildman–Crippen LogP) is 6.28. The molecule has 0 aliphatic carbocycles. The zero-order chi connectivity index (χ0) is 32.4. The third-order valence-corrected chi connectivity index (χ3v) is 7.76. The molecule has 1 aliphatic heterocycles. The molecule has 0 bridgehead atoms. The Morgan fingerprint density at radius 2 is 1.68 bits per heavy atom. The second-order valence-corrected chi connectivity index (χ2v) is 11.0. The number of carbonyl (C=O) groups is 2. The van der Waals surface area contributed by atoms with E-state index in [4.69, 9.17) is 9.47 Å². The van der Waals surface area contributed by atoms with Gasteiger partial charge in [0, 0.05) is 73.0 Å². The molecule has 0 saturated carbocycles. The van der Waals surface area contributed by atoms with Crippen molar-refractivity contribution in [3.63, 3.8) is 0 Å². The number of piperazine rings is 1. The first kappa shape index (κ1) is 31.2. The maximum absolute atomic E-state index is 13.2. The molecular weight excluding hydrogens is 594 g/mol. The minimum absolute atomic E-state index is 0.0866. The molecule has 2 aromatic heterocycles. The van der Waals surface area contributed by atoms with Crippen LogP contribution in [-0.2, 0) is 16.1 Å². The normalized spacial score (nSPS) is 12.8. The Kier molecular flexibility index (Phi) is 9.94. The summed E-state index contributed by atoms with van der Waals surface area (Å²) in [7, 11) is 0. The van der Waals surface area contributed by atoms with Gasteiger partial charge in [0.25, 0.3) is 5.91 Å². The second-order valence-electron chi connectivity index (χ2n) is 11.0. The minimum Gasteiger partial charge on any atom is -0.422 e. The van der Waals surface area contributed by atoms with Gasteiger partial charge in [-0.15, -0.1) is 0 Å². The number of nitrogens with one attached hydrogen (secondary N) is 2. The standard InChI is InChI=1S/C36H35N7O4/c1-26-9-10-28(22-33(26)41-35-38-17-15-32(40-35)29-8-5-16-37-23-29)34(44)39-30-11-13-31(14-12-30)42-18-20-43(21-19-42)36(45)47-25-46-24-27-6-3-2-4-7-27/h2-17,22-23H,18-21,24-25H2,1H3,(H,39,44)(H,38,40,41). The zero-order valence-corrected chi connectivity index (χ0v) is 26.0. The zero-order valence-electron chi connectivity index (χ0n) is 26.0. The monoisotopic (exact) mass is 629 g/mol. The average Bonchev–Trinajstić information content (AvgIpc) is 3.12. The number of aromatic nitrogens is 3. The van der Waals surface area contributed by atoms with Gasteiger partial charge < -0.3 is 29.9 Å². The lowest BCUT2D eigenvalue weighted by Crippen LogP contribution is -2.49. The van der Waals surface area contributed by atoms with E-state index in [1.54, 1.807) is 35.6 Å². The summed E-state index contributed by atoms with van der Waals surface area (Å²) < 4.78 is 10.8. The second kappa shape index (κ2) is 15.0. The highest BCUT2D eigenvalue weighted by Crippen LogP contribution is 2.24. The van der Waals surface area contributed by atoms with E-state index in [1.165, 1.54) is 0 Å². The number of benzene rings is 3. The van der Waals surface area contributed by atoms with Gasteiger partial charge in [-0.2, -0.15) is 0 Å². The molecule has 0 atom stereocenters. The highest BCUT2D eigenvalue weighted by atomic mass is 16.7. The lowest BCUT2D eigenvalue weighted by atomic mass is 10.1. The van der Waals surface area contributed by atoms with E-state index in [-0.39, 0.29) is 18.8 Å². The predicted molar refractivity (Wildman–Crippen MR) is 180 cm³/mol.